The largest absolute Gasteiger partial charge is 0.457 e. The van der Waals surface area contributed by atoms with Gasteiger partial charge in [0.15, 0.2) is 5.82 Å². The Morgan fingerprint density at radius 1 is 0.435 bits per heavy atom. The SMILES string of the molecule is CC1CC(c2ccc(-c3cc(-c4ccccc4)nc(-c4cccc(-c5ccc6c(c5)Oc5ccccc5C65c6ccccc6-c6ccccc65)c4)n3)c3ccccc23)=CC[C@@H]1C. The van der Waals surface area contributed by atoms with Gasteiger partial charge < -0.3 is 4.74 Å². The molecular weight excluding hydrogens is 753 g/mol. The average Bonchev–Trinajstić information content (AvgIpc) is 3.62. The Labute approximate surface area is 363 Å². The van der Waals surface area contributed by atoms with Crippen LogP contribution in [0.5, 0.6) is 11.5 Å². The smallest absolute Gasteiger partial charge is 0.160 e. The molecule has 2 atom stereocenters. The number of para-hydroxylation sites is 1. The number of hydrogen-bond donors (Lipinski definition) is 0. The van der Waals surface area contributed by atoms with E-state index in [9.17, 15) is 0 Å². The normalized spacial score (nSPS) is 16.8. The average molecular weight is 797 g/mol. The van der Waals surface area contributed by atoms with Crippen LogP contribution in [0, 0.1) is 11.8 Å². The summed E-state index contributed by atoms with van der Waals surface area (Å²) in [7, 11) is 0. The van der Waals surface area contributed by atoms with Gasteiger partial charge in [0, 0.05) is 27.8 Å². The molecule has 0 radical (unpaired) electrons. The number of aromatic nitrogens is 2. The van der Waals surface area contributed by atoms with E-state index in [1.165, 1.54) is 49.7 Å². The number of allylic oxidation sites excluding steroid dienone is 2. The summed E-state index contributed by atoms with van der Waals surface area (Å²) in [4.78, 5) is 10.6. The van der Waals surface area contributed by atoms with Crippen molar-refractivity contribution in [3.63, 3.8) is 0 Å². The second-order valence-electron chi connectivity index (χ2n) is 17.4. The molecule has 0 fully saturated rings. The Bertz CT molecular complexity index is 3220. The molecule has 296 valence electrons. The van der Waals surface area contributed by atoms with Gasteiger partial charge in [-0.1, -0.05) is 184 Å². The van der Waals surface area contributed by atoms with Crippen molar-refractivity contribution >= 4 is 16.3 Å². The predicted octanol–water partition coefficient (Wildman–Crippen LogP) is 15.2. The lowest BCUT2D eigenvalue weighted by Gasteiger charge is -2.39. The van der Waals surface area contributed by atoms with Crippen LogP contribution < -0.4 is 4.74 Å². The molecule has 1 aliphatic heterocycles. The number of fused-ring (bicyclic) bond motifs is 10. The van der Waals surface area contributed by atoms with E-state index in [0.717, 1.165) is 69.1 Å². The van der Waals surface area contributed by atoms with Gasteiger partial charge in [-0.3, -0.25) is 0 Å². The summed E-state index contributed by atoms with van der Waals surface area (Å²) in [5, 5.41) is 2.47. The van der Waals surface area contributed by atoms with Gasteiger partial charge in [-0.25, -0.2) is 9.97 Å². The Balaban J connectivity index is 0.986. The molecule has 12 rings (SSSR count). The van der Waals surface area contributed by atoms with Crippen molar-refractivity contribution in [3.8, 4) is 67.7 Å². The predicted molar refractivity (Wildman–Crippen MR) is 254 cm³/mol. The summed E-state index contributed by atoms with van der Waals surface area (Å²) in [6.07, 6.45) is 4.69. The fraction of sp³-hybridized carbons (Fsp3) is 0.119. The molecule has 1 aromatic heterocycles. The summed E-state index contributed by atoms with van der Waals surface area (Å²) in [5.41, 5.74) is 16.8. The quantitative estimate of drug-likeness (QED) is 0.174. The topological polar surface area (TPSA) is 35.0 Å². The molecule has 8 aromatic carbocycles. The first-order chi connectivity index (χ1) is 30.5. The zero-order valence-corrected chi connectivity index (χ0v) is 34.8. The van der Waals surface area contributed by atoms with Gasteiger partial charge in [0.25, 0.3) is 0 Å². The Kier molecular flexibility index (Phi) is 8.47. The third-order valence-electron chi connectivity index (χ3n) is 13.9. The third kappa shape index (κ3) is 5.65. The fourth-order valence-electron chi connectivity index (χ4n) is 10.6. The highest BCUT2D eigenvalue weighted by Gasteiger charge is 2.50. The summed E-state index contributed by atoms with van der Waals surface area (Å²) < 4.78 is 6.86. The van der Waals surface area contributed by atoms with Crippen LogP contribution in [0.25, 0.3) is 72.5 Å². The molecule has 0 amide bonds. The molecule has 0 bridgehead atoms. The van der Waals surface area contributed by atoms with Crippen LogP contribution in [0.4, 0.5) is 0 Å². The van der Waals surface area contributed by atoms with Crippen molar-refractivity contribution in [3.05, 3.63) is 222 Å². The number of ether oxygens (including phenoxy) is 1. The number of nitrogens with zero attached hydrogens (tertiary/aromatic N) is 2. The van der Waals surface area contributed by atoms with Crippen molar-refractivity contribution in [2.45, 2.75) is 32.1 Å². The molecule has 2 heterocycles. The molecule has 2 aliphatic carbocycles. The first-order valence-electron chi connectivity index (χ1n) is 21.9. The first kappa shape index (κ1) is 36.5. The Hall–Kier alpha value is -7.36. The first-order valence-corrected chi connectivity index (χ1v) is 21.9. The second kappa shape index (κ2) is 14.4. The van der Waals surface area contributed by atoms with E-state index >= 15 is 0 Å². The van der Waals surface area contributed by atoms with Gasteiger partial charge in [0.2, 0.25) is 0 Å². The summed E-state index contributed by atoms with van der Waals surface area (Å²) in [6.45, 7) is 4.76. The highest BCUT2D eigenvalue weighted by molar-refractivity contribution is 6.03. The number of benzene rings is 8. The van der Waals surface area contributed by atoms with Crippen molar-refractivity contribution < 1.29 is 4.74 Å². The maximum atomic E-state index is 6.86. The number of hydrogen-bond acceptors (Lipinski definition) is 3. The number of rotatable bonds is 5. The van der Waals surface area contributed by atoms with Crippen LogP contribution in [0.15, 0.2) is 194 Å². The van der Waals surface area contributed by atoms with Gasteiger partial charge in [-0.05, 0) is 104 Å². The summed E-state index contributed by atoms with van der Waals surface area (Å²) >= 11 is 0. The van der Waals surface area contributed by atoms with Crippen LogP contribution >= 0.6 is 0 Å². The van der Waals surface area contributed by atoms with E-state index in [1.54, 1.807) is 0 Å². The molecule has 3 aliphatic rings. The molecule has 0 saturated carbocycles. The van der Waals surface area contributed by atoms with Gasteiger partial charge in [-0.2, -0.15) is 0 Å². The standard InChI is InChI=1S/C59H44N2O/c1-37-27-28-42(33-38(37)2)44-30-31-49(46-20-7-6-19-45(44)46)55-36-54(39-15-4-3-5-16-39)60-58(61-55)43-18-14-17-40(34-43)41-29-32-53-57(35-41)62-56-26-13-12-25-52(56)59(53)50-23-10-8-21-47(50)48-22-9-11-24-51(48)59/h3-26,28-32,34-38H,27,33H2,1-2H3/t37-,38?/m0/s1. The zero-order chi connectivity index (χ0) is 41.4. The van der Waals surface area contributed by atoms with Gasteiger partial charge >= 0.3 is 0 Å². The highest BCUT2D eigenvalue weighted by atomic mass is 16.5. The minimum atomic E-state index is -0.493. The van der Waals surface area contributed by atoms with Crippen molar-refractivity contribution in [1.82, 2.24) is 9.97 Å². The van der Waals surface area contributed by atoms with E-state index in [0.29, 0.717) is 17.7 Å². The molecule has 1 spiro atoms. The maximum absolute atomic E-state index is 6.86. The van der Waals surface area contributed by atoms with Gasteiger partial charge in [-0.15, -0.1) is 0 Å². The Morgan fingerprint density at radius 3 is 1.81 bits per heavy atom. The molecule has 0 saturated heterocycles. The van der Waals surface area contributed by atoms with Crippen LogP contribution in [-0.2, 0) is 5.41 Å². The van der Waals surface area contributed by atoms with E-state index in [-0.39, 0.29) is 0 Å². The van der Waals surface area contributed by atoms with Crippen molar-refractivity contribution in [1.29, 1.82) is 0 Å². The highest BCUT2D eigenvalue weighted by Crippen LogP contribution is 2.62. The summed E-state index contributed by atoms with van der Waals surface area (Å²) in [5.74, 6) is 3.81. The van der Waals surface area contributed by atoms with E-state index in [2.05, 4.69) is 208 Å². The molecule has 0 N–H and O–H groups in total. The minimum absolute atomic E-state index is 0.493. The molecular formula is C59H44N2O. The fourth-order valence-corrected chi connectivity index (χ4v) is 10.6. The maximum Gasteiger partial charge on any atom is 0.160 e. The molecule has 9 aromatic rings. The minimum Gasteiger partial charge on any atom is -0.457 e. The van der Waals surface area contributed by atoms with Crippen LogP contribution in [-0.4, -0.2) is 9.97 Å². The third-order valence-corrected chi connectivity index (χ3v) is 13.9. The molecule has 1 unspecified atom stereocenters. The van der Waals surface area contributed by atoms with Gasteiger partial charge in [0.1, 0.15) is 11.5 Å². The van der Waals surface area contributed by atoms with E-state index in [1.807, 2.05) is 0 Å². The van der Waals surface area contributed by atoms with Crippen LogP contribution in [0.1, 0.15) is 54.5 Å². The van der Waals surface area contributed by atoms with Crippen LogP contribution in [0.2, 0.25) is 0 Å². The second-order valence-corrected chi connectivity index (χ2v) is 17.4. The lowest BCUT2D eigenvalue weighted by molar-refractivity contribution is 0.386. The molecule has 62 heavy (non-hydrogen) atoms. The van der Waals surface area contributed by atoms with E-state index in [4.69, 9.17) is 14.7 Å². The lowest BCUT2D eigenvalue weighted by Crippen LogP contribution is -2.32. The van der Waals surface area contributed by atoms with E-state index < -0.39 is 5.41 Å². The van der Waals surface area contributed by atoms with Crippen LogP contribution in [0.3, 0.4) is 0 Å². The monoisotopic (exact) mass is 796 g/mol. The van der Waals surface area contributed by atoms with Crippen molar-refractivity contribution in [2.24, 2.45) is 11.8 Å². The van der Waals surface area contributed by atoms with Crippen molar-refractivity contribution in [2.75, 3.05) is 0 Å². The zero-order valence-electron chi connectivity index (χ0n) is 34.8. The molecule has 3 nitrogen and oxygen atoms in total. The lowest BCUT2D eigenvalue weighted by atomic mass is 9.66. The summed E-state index contributed by atoms with van der Waals surface area (Å²) in [6, 6.07) is 67.7. The molecule has 3 heteroatoms. The Morgan fingerprint density at radius 2 is 1.03 bits per heavy atom. The van der Waals surface area contributed by atoms with Gasteiger partial charge in [0.05, 0.1) is 16.8 Å².